The molecule has 0 aliphatic heterocycles. The van der Waals surface area contributed by atoms with Crippen molar-refractivity contribution in [3.8, 4) is 5.75 Å². The van der Waals surface area contributed by atoms with Gasteiger partial charge in [0.05, 0.1) is 12.7 Å². The van der Waals surface area contributed by atoms with E-state index < -0.39 is 0 Å². The molecule has 4 nitrogen and oxygen atoms in total. The fourth-order valence-corrected chi connectivity index (χ4v) is 2.15. The predicted octanol–water partition coefficient (Wildman–Crippen LogP) is 3.42. The second kappa shape index (κ2) is 5.71. The Bertz CT molecular complexity index is 759. The zero-order chi connectivity index (χ0) is 14.7. The molecular formula is C17H14O4. The van der Waals surface area contributed by atoms with Crippen molar-refractivity contribution in [3.05, 3.63) is 65.9 Å². The van der Waals surface area contributed by atoms with Gasteiger partial charge in [-0.25, -0.2) is 0 Å². The van der Waals surface area contributed by atoms with Crippen LogP contribution in [0.15, 0.2) is 59.2 Å². The van der Waals surface area contributed by atoms with Crippen LogP contribution in [0.2, 0.25) is 0 Å². The van der Waals surface area contributed by atoms with Crippen LogP contribution in [0.1, 0.15) is 11.1 Å². The van der Waals surface area contributed by atoms with Crippen LogP contribution in [-0.2, 0) is 22.6 Å². The summed E-state index contributed by atoms with van der Waals surface area (Å²) in [6, 6.07) is 14.3. The zero-order valence-corrected chi connectivity index (χ0v) is 11.3. The third kappa shape index (κ3) is 3.05. The van der Waals surface area contributed by atoms with E-state index in [0.29, 0.717) is 5.58 Å². The molecule has 3 aromatic rings. The van der Waals surface area contributed by atoms with Crippen LogP contribution in [0.4, 0.5) is 0 Å². The summed E-state index contributed by atoms with van der Waals surface area (Å²) >= 11 is 0. The lowest BCUT2D eigenvalue weighted by atomic mass is 10.1. The summed E-state index contributed by atoms with van der Waals surface area (Å²) in [6.45, 7) is 0.260. The molecule has 0 fully saturated rings. The maximum Gasteiger partial charge on any atom is 0.310 e. The number of hydrogen-bond acceptors (Lipinski definition) is 4. The van der Waals surface area contributed by atoms with Crippen LogP contribution in [0.3, 0.4) is 0 Å². The van der Waals surface area contributed by atoms with E-state index in [-0.39, 0.29) is 24.7 Å². The Kier molecular flexibility index (Phi) is 3.60. The van der Waals surface area contributed by atoms with Crippen molar-refractivity contribution in [1.29, 1.82) is 0 Å². The highest BCUT2D eigenvalue weighted by Crippen LogP contribution is 2.25. The number of aromatic hydroxyl groups is 1. The molecule has 1 N–H and O–H groups in total. The predicted molar refractivity (Wildman–Crippen MR) is 77.8 cm³/mol. The van der Waals surface area contributed by atoms with E-state index >= 15 is 0 Å². The molecule has 106 valence electrons. The van der Waals surface area contributed by atoms with Crippen molar-refractivity contribution in [2.45, 2.75) is 13.0 Å². The summed E-state index contributed by atoms with van der Waals surface area (Å²) in [5.74, 6) is -0.176. The van der Waals surface area contributed by atoms with E-state index in [1.165, 1.54) is 12.3 Å². The average molecular weight is 282 g/mol. The number of phenolic OH excluding ortho intramolecular Hbond substituents is 1. The minimum Gasteiger partial charge on any atom is -0.508 e. The summed E-state index contributed by atoms with van der Waals surface area (Å²) in [5.41, 5.74) is 2.26. The molecule has 0 unspecified atom stereocenters. The zero-order valence-electron chi connectivity index (χ0n) is 11.3. The first-order valence-electron chi connectivity index (χ1n) is 6.61. The third-order valence-electron chi connectivity index (χ3n) is 3.22. The quantitative estimate of drug-likeness (QED) is 0.745. The Hall–Kier alpha value is -2.75. The molecule has 21 heavy (non-hydrogen) atoms. The molecule has 1 aromatic heterocycles. The van der Waals surface area contributed by atoms with Crippen LogP contribution < -0.4 is 0 Å². The van der Waals surface area contributed by atoms with Gasteiger partial charge in [0.2, 0.25) is 0 Å². The fraction of sp³-hybridized carbons (Fsp3) is 0.118. The first kappa shape index (κ1) is 13.2. The summed E-state index contributed by atoms with van der Waals surface area (Å²) in [6.07, 6.45) is 1.67. The molecule has 0 radical (unpaired) electrons. The number of carbonyl (C=O) groups is 1. The summed E-state index contributed by atoms with van der Waals surface area (Å²) in [5, 5.41) is 10.2. The number of carbonyl (C=O) groups excluding carboxylic acids is 1. The Labute approximate surface area is 121 Å². The Morgan fingerprint density at radius 1 is 1.14 bits per heavy atom. The van der Waals surface area contributed by atoms with Crippen molar-refractivity contribution in [2.24, 2.45) is 0 Å². The molecule has 0 saturated heterocycles. The topological polar surface area (TPSA) is 59.7 Å². The van der Waals surface area contributed by atoms with Crippen LogP contribution in [0.25, 0.3) is 11.0 Å². The molecule has 4 heteroatoms. The SMILES string of the molecule is O=C(Cc1coc2cc(O)ccc12)OCc1ccccc1. The number of benzene rings is 2. The van der Waals surface area contributed by atoms with Crippen molar-refractivity contribution in [3.63, 3.8) is 0 Å². The summed E-state index contributed by atoms with van der Waals surface area (Å²) < 4.78 is 10.6. The molecule has 2 aromatic carbocycles. The van der Waals surface area contributed by atoms with Gasteiger partial charge in [-0.15, -0.1) is 0 Å². The minimum atomic E-state index is -0.311. The second-order valence-corrected chi connectivity index (χ2v) is 4.76. The molecule has 0 bridgehead atoms. The number of fused-ring (bicyclic) bond motifs is 1. The first-order chi connectivity index (χ1) is 10.2. The summed E-state index contributed by atoms with van der Waals surface area (Å²) in [4.78, 5) is 11.9. The van der Waals surface area contributed by atoms with Crippen molar-refractivity contribution in [1.82, 2.24) is 0 Å². The van der Waals surface area contributed by atoms with E-state index in [0.717, 1.165) is 16.5 Å². The van der Waals surface area contributed by atoms with E-state index in [2.05, 4.69) is 0 Å². The number of esters is 1. The highest BCUT2D eigenvalue weighted by Gasteiger charge is 2.12. The van der Waals surface area contributed by atoms with Crippen LogP contribution in [0, 0.1) is 0 Å². The van der Waals surface area contributed by atoms with Gasteiger partial charge in [-0.1, -0.05) is 30.3 Å². The lowest BCUT2D eigenvalue weighted by molar-refractivity contribution is -0.144. The van der Waals surface area contributed by atoms with E-state index in [9.17, 15) is 9.90 Å². The normalized spacial score (nSPS) is 10.7. The standard InChI is InChI=1S/C17H14O4/c18-14-6-7-15-13(11-20-16(15)9-14)8-17(19)21-10-12-4-2-1-3-5-12/h1-7,9,11,18H,8,10H2. The van der Waals surface area contributed by atoms with Gasteiger partial charge in [0.1, 0.15) is 17.9 Å². The lowest BCUT2D eigenvalue weighted by Gasteiger charge is -2.04. The average Bonchev–Trinajstić information content (AvgIpc) is 2.88. The number of rotatable bonds is 4. The van der Waals surface area contributed by atoms with Gasteiger partial charge in [0.15, 0.2) is 0 Å². The van der Waals surface area contributed by atoms with Gasteiger partial charge >= 0.3 is 5.97 Å². The van der Waals surface area contributed by atoms with Crippen LogP contribution >= 0.6 is 0 Å². The number of ether oxygens (including phenoxy) is 1. The number of phenols is 1. The molecule has 1 heterocycles. The van der Waals surface area contributed by atoms with E-state index in [1.54, 1.807) is 12.1 Å². The molecule has 3 rings (SSSR count). The van der Waals surface area contributed by atoms with Crippen molar-refractivity contribution in [2.75, 3.05) is 0 Å². The molecule has 0 atom stereocenters. The smallest absolute Gasteiger partial charge is 0.310 e. The Balaban J connectivity index is 1.66. The highest BCUT2D eigenvalue weighted by molar-refractivity contribution is 5.86. The van der Waals surface area contributed by atoms with Gasteiger partial charge in [-0.05, 0) is 17.7 Å². The number of hydrogen-bond donors (Lipinski definition) is 1. The molecule has 0 saturated carbocycles. The van der Waals surface area contributed by atoms with Crippen LogP contribution in [0.5, 0.6) is 5.75 Å². The molecule has 0 spiro atoms. The monoisotopic (exact) mass is 282 g/mol. The van der Waals surface area contributed by atoms with E-state index in [4.69, 9.17) is 9.15 Å². The van der Waals surface area contributed by atoms with Gasteiger partial charge in [0, 0.05) is 17.0 Å². The van der Waals surface area contributed by atoms with Crippen molar-refractivity contribution < 1.29 is 19.1 Å². The Morgan fingerprint density at radius 3 is 2.76 bits per heavy atom. The number of furan rings is 1. The summed E-state index contributed by atoms with van der Waals surface area (Å²) in [7, 11) is 0. The molecule has 0 aliphatic carbocycles. The maximum absolute atomic E-state index is 11.9. The molecular weight excluding hydrogens is 268 g/mol. The third-order valence-corrected chi connectivity index (χ3v) is 3.22. The molecule has 0 amide bonds. The minimum absolute atomic E-state index is 0.134. The Morgan fingerprint density at radius 2 is 1.95 bits per heavy atom. The van der Waals surface area contributed by atoms with E-state index in [1.807, 2.05) is 30.3 Å². The largest absolute Gasteiger partial charge is 0.508 e. The maximum atomic E-state index is 11.9. The fourth-order valence-electron chi connectivity index (χ4n) is 2.15. The molecule has 0 aliphatic rings. The van der Waals surface area contributed by atoms with Crippen LogP contribution in [-0.4, -0.2) is 11.1 Å². The van der Waals surface area contributed by atoms with Gasteiger partial charge in [-0.3, -0.25) is 4.79 Å². The van der Waals surface area contributed by atoms with Gasteiger partial charge in [0.25, 0.3) is 0 Å². The highest BCUT2D eigenvalue weighted by atomic mass is 16.5. The van der Waals surface area contributed by atoms with Gasteiger partial charge < -0.3 is 14.3 Å². The lowest BCUT2D eigenvalue weighted by Crippen LogP contribution is -2.07. The first-order valence-corrected chi connectivity index (χ1v) is 6.61. The van der Waals surface area contributed by atoms with Crippen molar-refractivity contribution >= 4 is 16.9 Å². The second-order valence-electron chi connectivity index (χ2n) is 4.76. The van der Waals surface area contributed by atoms with Gasteiger partial charge in [-0.2, -0.15) is 0 Å².